The number of halogens is 1. The van der Waals surface area contributed by atoms with Gasteiger partial charge in [-0.3, -0.25) is 4.79 Å². The molecule has 1 aliphatic rings. The number of thiophene rings is 2. The van der Waals surface area contributed by atoms with Gasteiger partial charge in [-0.25, -0.2) is 0 Å². The molecule has 3 rings (SSSR count). The van der Waals surface area contributed by atoms with Crippen molar-refractivity contribution < 1.29 is 4.79 Å². The zero-order chi connectivity index (χ0) is 17.1. The van der Waals surface area contributed by atoms with E-state index in [-0.39, 0.29) is 5.57 Å². The fourth-order valence-electron chi connectivity index (χ4n) is 2.64. The molecule has 2 aromatic rings. The molecule has 4 nitrogen and oxygen atoms in total. The van der Waals surface area contributed by atoms with Crippen molar-refractivity contribution in [3.63, 3.8) is 0 Å². The lowest BCUT2D eigenvalue weighted by molar-refractivity contribution is -0.112. The smallest absolute Gasteiger partial charge is 0.267 e. The van der Waals surface area contributed by atoms with Gasteiger partial charge in [0.2, 0.25) is 0 Å². The number of anilines is 1. The molecule has 0 unspecified atom stereocenters. The average molecular weight is 418 g/mol. The average Bonchev–Trinajstić information content (AvgIpc) is 3.14. The minimum absolute atomic E-state index is 0.0274. The van der Waals surface area contributed by atoms with E-state index in [1.807, 2.05) is 18.2 Å². The van der Waals surface area contributed by atoms with Crippen LogP contribution in [0.15, 0.2) is 21.5 Å². The molecule has 1 N–H and O–H groups in total. The van der Waals surface area contributed by atoms with E-state index in [9.17, 15) is 15.3 Å². The monoisotopic (exact) mass is 417 g/mol. The van der Waals surface area contributed by atoms with E-state index in [0.717, 1.165) is 39.9 Å². The third-order valence-corrected chi connectivity index (χ3v) is 6.53. The van der Waals surface area contributed by atoms with Gasteiger partial charge in [0.25, 0.3) is 5.91 Å². The Morgan fingerprint density at radius 1 is 1.25 bits per heavy atom. The van der Waals surface area contributed by atoms with Crippen molar-refractivity contribution in [2.75, 3.05) is 5.32 Å². The number of carbonyl (C=O) groups excluding carboxylic acids is 1. The molecular formula is C17H12BrN3OS2. The van der Waals surface area contributed by atoms with Crippen LogP contribution in [0.25, 0.3) is 6.08 Å². The van der Waals surface area contributed by atoms with Crippen LogP contribution in [-0.2, 0) is 17.6 Å². The molecule has 2 heterocycles. The molecule has 1 amide bonds. The van der Waals surface area contributed by atoms with Crippen molar-refractivity contribution in [1.82, 2.24) is 0 Å². The first-order valence-corrected chi connectivity index (χ1v) is 9.78. The fourth-order valence-corrected chi connectivity index (χ4v) is 5.24. The van der Waals surface area contributed by atoms with E-state index < -0.39 is 5.91 Å². The van der Waals surface area contributed by atoms with Gasteiger partial charge in [0, 0.05) is 9.75 Å². The highest BCUT2D eigenvalue weighted by molar-refractivity contribution is 9.11. The maximum atomic E-state index is 12.4. The molecule has 0 aromatic carbocycles. The fraction of sp³-hybridized carbons (Fsp3) is 0.235. The van der Waals surface area contributed by atoms with Crippen molar-refractivity contribution in [2.45, 2.75) is 25.7 Å². The lowest BCUT2D eigenvalue weighted by Crippen LogP contribution is -2.13. The SMILES string of the molecule is N#C/C(=C\c1ccc(Br)s1)C(=O)Nc1sc2c(c1C#N)CCCC2. The standard InChI is InChI=1S/C17H12BrN3OS2/c18-15-6-5-11(23-15)7-10(8-19)16(22)21-17-13(9-20)12-3-1-2-4-14(12)24-17/h5-7H,1-4H2,(H,21,22)/b10-7+. The van der Waals surface area contributed by atoms with Crippen LogP contribution in [0.5, 0.6) is 0 Å². The van der Waals surface area contributed by atoms with Crippen LogP contribution in [0.1, 0.15) is 33.7 Å². The first kappa shape index (κ1) is 16.9. The molecule has 0 saturated carbocycles. The number of nitrogens with one attached hydrogen (secondary N) is 1. The van der Waals surface area contributed by atoms with Gasteiger partial charge < -0.3 is 5.32 Å². The summed E-state index contributed by atoms with van der Waals surface area (Å²) in [5.41, 5.74) is 1.65. The van der Waals surface area contributed by atoms with Gasteiger partial charge >= 0.3 is 0 Å². The van der Waals surface area contributed by atoms with E-state index in [1.165, 1.54) is 27.6 Å². The summed E-state index contributed by atoms with van der Waals surface area (Å²) in [4.78, 5) is 14.4. The molecule has 7 heteroatoms. The van der Waals surface area contributed by atoms with E-state index >= 15 is 0 Å². The third-order valence-electron chi connectivity index (χ3n) is 3.76. The van der Waals surface area contributed by atoms with E-state index in [0.29, 0.717) is 10.6 Å². The normalized spacial score (nSPS) is 13.7. The molecule has 0 fully saturated rings. The maximum Gasteiger partial charge on any atom is 0.267 e. The maximum absolute atomic E-state index is 12.4. The number of hydrogen-bond donors (Lipinski definition) is 1. The molecule has 120 valence electrons. The second-order valence-electron chi connectivity index (χ2n) is 5.29. The molecule has 0 saturated heterocycles. The molecule has 0 atom stereocenters. The number of fused-ring (bicyclic) bond motifs is 1. The number of amides is 1. The first-order chi connectivity index (χ1) is 11.6. The highest BCUT2D eigenvalue weighted by atomic mass is 79.9. The summed E-state index contributed by atoms with van der Waals surface area (Å²) in [7, 11) is 0. The molecule has 0 aliphatic heterocycles. The summed E-state index contributed by atoms with van der Waals surface area (Å²) in [5, 5.41) is 22.0. The summed E-state index contributed by atoms with van der Waals surface area (Å²) < 4.78 is 0.934. The van der Waals surface area contributed by atoms with E-state index in [1.54, 1.807) is 6.08 Å². The lowest BCUT2D eigenvalue weighted by Gasteiger charge is -2.09. The van der Waals surface area contributed by atoms with E-state index in [2.05, 4.69) is 27.3 Å². The van der Waals surface area contributed by atoms with Crippen LogP contribution >= 0.6 is 38.6 Å². The first-order valence-electron chi connectivity index (χ1n) is 7.35. The second-order valence-corrected chi connectivity index (χ2v) is 8.89. The number of carbonyl (C=O) groups is 1. The van der Waals surface area contributed by atoms with Gasteiger partial charge in [0.1, 0.15) is 22.7 Å². The van der Waals surface area contributed by atoms with Crippen LogP contribution in [0, 0.1) is 22.7 Å². The van der Waals surface area contributed by atoms with Gasteiger partial charge in [-0.15, -0.1) is 22.7 Å². The highest BCUT2D eigenvalue weighted by Gasteiger charge is 2.22. The summed E-state index contributed by atoms with van der Waals surface area (Å²) in [5.74, 6) is -0.475. The van der Waals surface area contributed by atoms with Crippen LogP contribution in [0.4, 0.5) is 5.00 Å². The zero-order valence-electron chi connectivity index (χ0n) is 12.6. The largest absolute Gasteiger partial charge is 0.312 e. The Morgan fingerprint density at radius 2 is 2.04 bits per heavy atom. The summed E-state index contributed by atoms with van der Waals surface area (Å²) in [6.45, 7) is 0. The Morgan fingerprint density at radius 3 is 2.71 bits per heavy atom. The molecule has 1 aliphatic carbocycles. The van der Waals surface area contributed by atoms with Gasteiger partial charge in [-0.05, 0) is 65.4 Å². The lowest BCUT2D eigenvalue weighted by atomic mass is 9.96. The summed E-state index contributed by atoms with van der Waals surface area (Å²) in [6.07, 6.45) is 5.58. The van der Waals surface area contributed by atoms with Gasteiger partial charge in [-0.2, -0.15) is 10.5 Å². The van der Waals surface area contributed by atoms with Gasteiger partial charge in [0.05, 0.1) is 9.35 Å². The zero-order valence-corrected chi connectivity index (χ0v) is 15.8. The van der Waals surface area contributed by atoms with Crippen LogP contribution in [0.2, 0.25) is 0 Å². The Balaban J connectivity index is 1.87. The Hall–Kier alpha value is -1.93. The van der Waals surface area contributed by atoms with E-state index in [4.69, 9.17) is 0 Å². The topological polar surface area (TPSA) is 76.7 Å². The number of rotatable bonds is 3. The second kappa shape index (κ2) is 7.31. The number of nitriles is 2. The van der Waals surface area contributed by atoms with Crippen LogP contribution < -0.4 is 5.32 Å². The molecule has 24 heavy (non-hydrogen) atoms. The minimum atomic E-state index is -0.475. The Labute approximate surface area is 156 Å². The summed E-state index contributed by atoms with van der Waals surface area (Å²) in [6, 6.07) is 7.85. The minimum Gasteiger partial charge on any atom is -0.312 e. The number of nitrogens with zero attached hydrogens (tertiary/aromatic N) is 2. The molecule has 0 radical (unpaired) electrons. The van der Waals surface area contributed by atoms with Crippen LogP contribution in [-0.4, -0.2) is 5.91 Å². The Kier molecular flexibility index (Phi) is 5.15. The quantitative estimate of drug-likeness (QED) is 0.571. The molecular weight excluding hydrogens is 406 g/mol. The van der Waals surface area contributed by atoms with Crippen molar-refractivity contribution >= 4 is 55.6 Å². The van der Waals surface area contributed by atoms with Gasteiger partial charge in [-0.1, -0.05) is 0 Å². The van der Waals surface area contributed by atoms with Crippen LogP contribution in [0.3, 0.4) is 0 Å². The van der Waals surface area contributed by atoms with Gasteiger partial charge in [0.15, 0.2) is 0 Å². The predicted octanol–water partition coefficient (Wildman–Crippen LogP) is 4.87. The Bertz CT molecular complexity index is 911. The summed E-state index contributed by atoms with van der Waals surface area (Å²) >= 11 is 6.26. The van der Waals surface area contributed by atoms with Crippen molar-refractivity contribution in [3.05, 3.63) is 42.4 Å². The van der Waals surface area contributed by atoms with Crippen molar-refractivity contribution in [1.29, 1.82) is 10.5 Å². The third kappa shape index (κ3) is 3.44. The van der Waals surface area contributed by atoms with Crippen molar-refractivity contribution in [3.8, 4) is 12.1 Å². The number of hydrogen-bond acceptors (Lipinski definition) is 5. The molecule has 0 bridgehead atoms. The molecule has 2 aromatic heterocycles. The highest BCUT2D eigenvalue weighted by Crippen LogP contribution is 2.37. The number of aryl methyl sites for hydroxylation is 1. The molecule has 0 spiro atoms. The predicted molar refractivity (Wildman–Crippen MR) is 99.9 cm³/mol. The van der Waals surface area contributed by atoms with Crippen molar-refractivity contribution in [2.24, 2.45) is 0 Å².